The molecule has 0 aliphatic heterocycles. The van der Waals surface area contributed by atoms with Gasteiger partial charge in [-0.2, -0.15) is 4.98 Å². The fraction of sp³-hybridized carbons (Fsp3) is 0.200. The minimum atomic E-state index is -0.0615. The zero-order valence-corrected chi connectivity index (χ0v) is 17.2. The van der Waals surface area contributed by atoms with E-state index in [0.717, 1.165) is 23.4 Å². The van der Waals surface area contributed by atoms with Crippen molar-refractivity contribution in [1.82, 2.24) is 15.0 Å². The molecule has 0 bridgehead atoms. The second kappa shape index (κ2) is 9.37. The summed E-state index contributed by atoms with van der Waals surface area (Å²) in [7, 11) is 3.72. The van der Waals surface area contributed by atoms with E-state index in [-0.39, 0.29) is 5.92 Å². The molecule has 30 heavy (non-hydrogen) atoms. The Morgan fingerprint density at radius 2 is 1.53 bits per heavy atom. The fourth-order valence-electron chi connectivity index (χ4n) is 3.60. The molecule has 0 aliphatic carbocycles. The van der Waals surface area contributed by atoms with Gasteiger partial charge in [0.25, 0.3) is 0 Å². The number of ether oxygens (including phenoxy) is 1. The van der Waals surface area contributed by atoms with Crippen molar-refractivity contribution in [2.75, 3.05) is 14.2 Å². The summed E-state index contributed by atoms with van der Waals surface area (Å²) in [6, 6.07) is 28.6. The van der Waals surface area contributed by atoms with Crippen molar-refractivity contribution in [3.63, 3.8) is 0 Å². The minimum Gasteiger partial charge on any atom is -0.497 e. The van der Waals surface area contributed by atoms with Crippen molar-refractivity contribution in [2.24, 2.45) is 0 Å². The van der Waals surface area contributed by atoms with Crippen molar-refractivity contribution in [2.45, 2.75) is 19.0 Å². The van der Waals surface area contributed by atoms with Gasteiger partial charge in [0.1, 0.15) is 5.75 Å². The van der Waals surface area contributed by atoms with Crippen LogP contribution in [0.2, 0.25) is 0 Å². The Bertz CT molecular complexity index is 1020. The van der Waals surface area contributed by atoms with E-state index in [9.17, 15) is 0 Å². The van der Waals surface area contributed by atoms with Crippen LogP contribution in [0.4, 0.5) is 0 Å². The largest absolute Gasteiger partial charge is 0.497 e. The Hall–Kier alpha value is -3.44. The van der Waals surface area contributed by atoms with E-state index in [1.54, 1.807) is 7.11 Å². The lowest BCUT2D eigenvalue weighted by molar-refractivity contribution is 0.260. The predicted octanol–water partition coefficient (Wildman–Crippen LogP) is 4.89. The first kappa shape index (κ1) is 19.9. The highest BCUT2D eigenvalue weighted by Crippen LogP contribution is 2.30. The van der Waals surface area contributed by atoms with Gasteiger partial charge in [0.15, 0.2) is 5.82 Å². The average molecular weight is 399 g/mol. The van der Waals surface area contributed by atoms with E-state index in [4.69, 9.17) is 14.2 Å². The van der Waals surface area contributed by atoms with Crippen LogP contribution >= 0.6 is 0 Å². The summed E-state index contributed by atoms with van der Waals surface area (Å²) in [5, 5.41) is 4.32. The van der Waals surface area contributed by atoms with E-state index >= 15 is 0 Å². The number of benzene rings is 3. The first-order chi connectivity index (χ1) is 14.7. The number of hydrogen-bond acceptors (Lipinski definition) is 5. The lowest BCUT2D eigenvalue weighted by Gasteiger charge is -2.15. The monoisotopic (exact) mass is 399 g/mol. The van der Waals surface area contributed by atoms with E-state index in [2.05, 4.69) is 40.4 Å². The number of nitrogens with zero attached hydrogens (tertiary/aromatic N) is 3. The molecular formula is C25H25N3O2. The molecule has 5 nitrogen and oxygen atoms in total. The molecular weight excluding hydrogens is 374 g/mol. The van der Waals surface area contributed by atoms with Crippen molar-refractivity contribution in [3.8, 4) is 5.75 Å². The van der Waals surface area contributed by atoms with Gasteiger partial charge in [-0.25, -0.2) is 0 Å². The number of hydrogen-bond donors (Lipinski definition) is 0. The van der Waals surface area contributed by atoms with E-state index in [0.29, 0.717) is 18.3 Å². The fourth-order valence-corrected chi connectivity index (χ4v) is 3.60. The van der Waals surface area contributed by atoms with Crippen LogP contribution in [-0.4, -0.2) is 29.2 Å². The van der Waals surface area contributed by atoms with Gasteiger partial charge >= 0.3 is 0 Å². The molecule has 1 heterocycles. The molecule has 0 radical (unpaired) electrons. The SMILES string of the molecule is COc1cccc(CN(C)Cc2nc(C(c3ccccc3)c3ccccc3)no2)c1. The molecule has 4 rings (SSSR count). The van der Waals surface area contributed by atoms with E-state index in [1.165, 1.54) is 5.56 Å². The molecule has 152 valence electrons. The highest BCUT2D eigenvalue weighted by Gasteiger charge is 2.22. The van der Waals surface area contributed by atoms with Crippen molar-refractivity contribution >= 4 is 0 Å². The third-order valence-electron chi connectivity index (χ3n) is 5.00. The maximum Gasteiger partial charge on any atom is 0.240 e. The third kappa shape index (κ3) is 4.75. The van der Waals surface area contributed by atoms with Crippen LogP contribution in [0.1, 0.15) is 34.3 Å². The summed E-state index contributed by atoms with van der Waals surface area (Å²) in [6.07, 6.45) is 0. The summed E-state index contributed by atoms with van der Waals surface area (Å²) < 4.78 is 10.9. The number of aromatic nitrogens is 2. The van der Waals surface area contributed by atoms with E-state index in [1.807, 2.05) is 61.6 Å². The van der Waals surface area contributed by atoms with Gasteiger partial charge in [-0.15, -0.1) is 0 Å². The maximum atomic E-state index is 5.61. The number of methoxy groups -OCH3 is 1. The second-order valence-electron chi connectivity index (χ2n) is 7.32. The van der Waals surface area contributed by atoms with Crippen LogP contribution in [0.5, 0.6) is 5.75 Å². The summed E-state index contributed by atoms with van der Waals surface area (Å²) in [6.45, 7) is 1.33. The van der Waals surface area contributed by atoms with Gasteiger partial charge in [-0.05, 0) is 35.9 Å². The van der Waals surface area contributed by atoms with Gasteiger partial charge in [0.05, 0.1) is 19.6 Å². The summed E-state index contributed by atoms with van der Waals surface area (Å²) in [5.41, 5.74) is 3.45. The highest BCUT2D eigenvalue weighted by molar-refractivity contribution is 5.37. The Labute approximate surface area is 176 Å². The topological polar surface area (TPSA) is 51.4 Å². The van der Waals surface area contributed by atoms with Crippen LogP contribution in [-0.2, 0) is 13.1 Å². The molecule has 0 saturated carbocycles. The van der Waals surface area contributed by atoms with Crippen LogP contribution < -0.4 is 4.74 Å². The normalized spacial score (nSPS) is 11.2. The second-order valence-corrected chi connectivity index (χ2v) is 7.32. The zero-order chi connectivity index (χ0) is 20.8. The van der Waals surface area contributed by atoms with Crippen LogP contribution in [0.15, 0.2) is 89.5 Å². The smallest absolute Gasteiger partial charge is 0.240 e. The zero-order valence-electron chi connectivity index (χ0n) is 17.2. The van der Waals surface area contributed by atoms with Gasteiger partial charge in [-0.3, -0.25) is 4.90 Å². The summed E-state index contributed by atoms with van der Waals surface area (Å²) in [4.78, 5) is 6.88. The van der Waals surface area contributed by atoms with Crippen LogP contribution in [0.25, 0.3) is 0 Å². The molecule has 0 unspecified atom stereocenters. The Kier molecular flexibility index (Phi) is 6.20. The third-order valence-corrected chi connectivity index (χ3v) is 5.00. The molecule has 5 heteroatoms. The standard InChI is InChI=1S/C25H25N3O2/c1-28(17-19-10-9-15-22(16-19)29-2)18-23-26-25(27-30-23)24(20-11-5-3-6-12-20)21-13-7-4-8-14-21/h3-16,24H,17-18H2,1-2H3. The van der Waals surface area contributed by atoms with Crippen molar-refractivity contribution < 1.29 is 9.26 Å². The van der Waals surface area contributed by atoms with Gasteiger partial charge in [-0.1, -0.05) is 78.0 Å². The van der Waals surface area contributed by atoms with Gasteiger partial charge in [0, 0.05) is 6.54 Å². The van der Waals surface area contributed by atoms with Crippen molar-refractivity contribution in [1.29, 1.82) is 0 Å². The molecule has 4 aromatic rings. The lowest BCUT2D eigenvalue weighted by Crippen LogP contribution is -2.17. The Morgan fingerprint density at radius 1 is 0.867 bits per heavy atom. The molecule has 1 aromatic heterocycles. The maximum absolute atomic E-state index is 5.61. The van der Waals surface area contributed by atoms with Gasteiger partial charge < -0.3 is 9.26 Å². The van der Waals surface area contributed by atoms with E-state index < -0.39 is 0 Å². The Balaban J connectivity index is 1.52. The molecule has 0 aliphatic rings. The molecule has 0 atom stereocenters. The first-order valence-corrected chi connectivity index (χ1v) is 9.97. The average Bonchev–Trinajstić information content (AvgIpc) is 3.23. The molecule has 0 N–H and O–H groups in total. The number of rotatable bonds is 8. The minimum absolute atomic E-state index is 0.0615. The molecule has 0 fully saturated rings. The molecule has 0 saturated heterocycles. The highest BCUT2D eigenvalue weighted by atomic mass is 16.5. The quantitative estimate of drug-likeness (QED) is 0.422. The molecule has 3 aromatic carbocycles. The Morgan fingerprint density at radius 3 is 2.17 bits per heavy atom. The summed E-state index contributed by atoms with van der Waals surface area (Å²) >= 11 is 0. The van der Waals surface area contributed by atoms with Crippen LogP contribution in [0.3, 0.4) is 0 Å². The summed E-state index contributed by atoms with van der Waals surface area (Å²) in [5.74, 6) is 2.08. The van der Waals surface area contributed by atoms with Crippen molar-refractivity contribution in [3.05, 3.63) is 113 Å². The molecule has 0 amide bonds. The molecule has 0 spiro atoms. The van der Waals surface area contributed by atoms with Gasteiger partial charge in [0.2, 0.25) is 5.89 Å². The lowest BCUT2D eigenvalue weighted by atomic mass is 9.91. The predicted molar refractivity (Wildman–Crippen MR) is 116 cm³/mol. The van der Waals surface area contributed by atoms with Crippen LogP contribution in [0, 0.1) is 0 Å². The first-order valence-electron chi connectivity index (χ1n) is 9.97.